The first-order valence-electron chi connectivity index (χ1n) is 6.66. The maximum Gasteiger partial charge on any atom is 0.175 e. The molecule has 0 spiro atoms. The van der Waals surface area contributed by atoms with Gasteiger partial charge in [-0.15, -0.1) is 0 Å². The van der Waals surface area contributed by atoms with Gasteiger partial charge in [-0.3, -0.25) is 0 Å². The van der Waals surface area contributed by atoms with Crippen molar-refractivity contribution in [3.8, 4) is 0 Å². The van der Waals surface area contributed by atoms with Gasteiger partial charge in [0.1, 0.15) is 5.82 Å². The summed E-state index contributed by atoms with van der Waals surface area (Å²) in [7, 11) is -3.30. The highest BCUT2D eigenvalue weighted by atomic mass is 32.2. The largest absolute Gasteiger partial charge is 0.380 e. The SMILES string of the molecule is CCC1CCC(Nc2cc(S(C)(=O)=O)ccc2F)C1. The molecule has 0 amide bonds. The minimum absolute atomic E-state index is 0.154. The first-order valence-corrected chi connectivity index (χ1v) is 8.55. The molecule has 2 unspecified atom stereocenters. The molecule has 5 heteroatoms. The quantitative estimate of drug-likeness (QED) is 0.864. The van der Waals surface area contributed by atoms with Crippen LogP contribution in [0.15, 0.2) is 23.1 Å². The van der Waals surface area contributed by atoms with E-state index in [-0.39, 0.29) is 10.9 Å². The number of halogens is 1. The Morgan fingerprint density at radius 2 is 2.11 bits per heavy atom. The van der Waals surface area contributed by atoms with E-state index in [9.17, 15) is 12.8 Å². The number of sulfone groups is 1. The van der Waals surface area contributed by atoms with Crippen LogP contribution in [0.3, 0.4) is 0 Å². The van der Waals surface area contributed by atoms with E-state index >= 15 is 0 Å². The molecule has 1 aromatic carbocycles. The van der Waals surface area contributed by atoms with Crippen LogP contribution in [0.5, 0.6) is 0 Å². The summed E-state index contributed by atoms with van der Waals surface area (Å²) >= 11 is 0. The second-order valence-corrected chi connectivity index (χ2v) is 7.36. The van der Waals surface area contributed by atoms with Crippen molar-refractivity contribution in [3.05, 3.63) is 24.0 Å². The fraction of sp³-hybridized carbons (Fsp3) is 0.571. The summed E-state index contributed by atoms with van der Waals surface area (Å²) in [6.45, 7) is 2.16. The minimum Gasteiger partial charge on any atom is -0.380 e. The maximum atomic E-state index is 13.7. The highest BCUT2D eigenvalue weighted by Crippen LogP contribution is 2.31. The van der Waals surface area contributed by atoms with E-state index in [1.54, 1.807) is 0 Å². The lowest BCUT2D eigenvalue weighted by Gasteiger charge is -2.15. The zero-order chi connectivity index (χ0) is 14.0. The van der Waals surface area contributed by atoms with Gasteiger partial charge in [0.25, 0.3) is 0 Å². The Kier molecular flexibility index (Phi) is 4.13. The molecule has 0 aromatic heterocycles. The third-order valence-corrected chi connectivity index (χ3v) is 4.95. The van der Waals surface area contributed by atoms with Gasteiger partial charge < -0.3 is 5.32 Å². The maximum absolute atomic E-state index is 13.7. The van der Waals surface area contributed by atoms with Crippen molar-refractivity contribution in [1.29, 1.82) is 0 Å². The lowest BCUT2D eigenvalue weighted by atomic mass is 10.1. The topological polar surface area (TPSA) is 46.2 Å². The van der Waals surface area contributed by atoms with E-state index < -0.39 is 15.7 Å². The molecular formula is C14H20FNO2S. The molecule has 2 atom stereocenters. The highest BCUT2D eigenvalue weighted by molar-refractivity contribution is 7.90. The van der Waals surface area contributed by atoms with E-state index in [0.29, 0.717) is 11.6 Å². The molecule has 1 aliphatic rings. The van der Waals surface area contributed by atoms with Gasteiger partial charge >= 0.3 is 0 Å². The molecular weight excluding hydrogens is 265 g/mol. The molecule has 0 saturated heterocycles. The first-order chi connectivity index (χ1) is 8.90. The van der Waals surface area contributed by atoms with Crippen LogP contribution >= 0.6 is 0 Å². The third kappa shape index (κ3) is 3.47. The van der Waals surface area contributed by atoms with E-state index in [1.807, 2.05) is 0 Å². The molecule has 1 fully saturated rings. The minimum atomic E-state index is -3.30. The van der Waals surface area contributed by atoms with Crippen LogP contribution in [0.25, 0.3) is 0 Å². The lowest BCUT2D eigenvalue weighted by molar-refractivity contribution is 0.524. The van der Waals surface area contributed by atoms with Crippen LogP contribution in [0.4, 0.5) is 10.1 Å². The molecule has 1 aliphatic carbocycles. The molecule has 0 radical (unpaired) electrons. The van der Waals surface area contributed by atoms with E-state index in [1.165, 1.54) is 18.2 Å². The third-order valence-electron chi connectivity index (χ3n) is 3.84. The van der Waals surface area contributed by atoms with Crippen LogP contribution in [-0.4, -0.2) is 20.7 Å². The van der Waals surface area contributed by atoms with E-state index in [4.69, 9.17) is 0 Å². The predicted octanol–water partition coefficient (Wildman–Crippen LogP) is 3.22. The van der Waals surface area contributed by atoms with Gasteiger partial charge in [-0.25, -0.2) is 12.8 Å². The molecule has 0 bridgehead atoms. The molecule has 0 heterocycles. The molecule has 1 N–H and O–H groups in total. The van der Waals surface area contributed by atoms with Crippen LogP contribution in [0, 0.1) is 11.7 Å². The van der Waals surface area contributed by atoms with Gasteiger partial charge in [-0.05, 0) is 43.4 Å². The highest BCUT2D eigenvalue weighted by Gasteiger charge is 2.24. The molecule has 1 saturated carbocycles. The number of benzene rings is 1. The Bertz CT molecular complexity index is 557. The van der Waals surface area contributed by atoms with Crippen molar-refractivity contribution in [1.82, 2.24) is 0 Å². The number of hydrogen-bond acceptors (Lipinski definition) is 3. The van der Waals surface area contributed by atoms with Gasteiger partial charge in [-0.1, -0.05) is 13.3 Å². The van der Waals surface area contributed by atoms with Crippen molar-refractivity contribution in [2.75, 3.05) is 11.6 Å². The summed E-state index contributed by atoms with van der Waals surface area (Å²) in [6, 6.07) is 4.16. The van der Waals surface area contributed by atoms with Gasteiger partial charge in [-0.2, -0.15) is 0 Å². The van der Waals surface area contributed by atoms with Crippen LogP contribution in [0.1, 0.15) is 32.6 Å². The number of anilines is 1. The predicted molar refractivity (Wildman–Crippen MR) is 74.6 cm³/mol. The van der Waals surface area contributed by atoms with Crippen molar-refractivity contribution < 1.29 is 12.8 Å². The lowest BCUT2D eigenvalue weighted by Crippen LogP contribution is -2.16. The van der Waals surface area contributed by atoms with Crippen molar-refractivity contribution in [2.24, 2.45) is 5.92 Å². The molecule has 3 nitrogen and oxygen atoms in total. The smallest absolute Gasteiger partial charge is 0.175 e. The Morgan fingerprint density at radius 3 is 2.68 bits per heavy atom. The van der Waals surface area contributed by atoms with Gasteiger partial charge in [0.2, 0.25) is 0 Å². The second-order valence-electron chi connectivity index (χ2n) is 5.34. The Hall–Kier alpha value is -1.10. The summed E-state index contributed by atoms with van der Waals surface area (Å²) in [5, 5.41) is 3.15. The molecule has 2 rings (SSSR count). The molecule has 19 heavy (non-hydrogen) atoms. The summed E-state index contributed by atoms with van der Waals surface area (Å²) in [5.41, 5.74) is 0.296. The van der Waals surface area contributed by atoms with Crippen LogP contribution < -0.4 is 5.32 Å². The Morgan fingerprint density at radius 1 is 1.37 bits per heavy atom. The van der Waals surface area contributed by atoms with Crippen LogP contribution in [-0.2, 0) is 9.84 Å². The zero-order valence-electron chi connectivity index (χ0n) is 11.3. The molecule has 1 aromatic rings. The summed E-state index contributed by atoms with van der Waals surface area (Å²) in [4.78, 5) is 0.154. The first kappa shape index (κ1) is 14.3. The average molecular weight is 285 g/mol. The summed E-state index contributed by atoms with van der Waals surface area (Å²) in [6.07, 6.45) is 5.47. The Labute approximate surface area is 114 Å². The molecule has 0 aliphatic heterocycles. The monoisotopic (exact) mass is 285 g/mol. The van der Waals surface area contributed by atoms with Crippen molar-refractivity contribution in [3.63, 3.8) is 0 Å². The molecule has 106 valence electrons. The van der Waals surface area contributed by atoms with Gasteiger partial charge in [0.05, 0.1) is 10.6 Å². The summed E-state index contributed by atoms with van der Waals surface area (Å²) < 4.78 is 36.7. The number of nitrogens with one attached hydrogen (secondary N) is 1. The fourth-order valence-corrected chi connectivity index (χ4v) is 3.29. The fourth-order valence-electron chi connectivity index (χ4n) is 2.64. The van der Waals surface area contributed by atoms with Crippen LogP contribution in [0.2, 0.25) is 0 Å². The summed E-state index contributed by atoms with van der Waals surface area (Å²) in [5.74, 6) is 0.297. The number of rotatable bonds is 4. The number of hydrogen-bond donors (Lipinski definition) is 1. The van der Waals surface area contributed by atoms with Crippen molar-refractivity contribution in [2.45, 2.75) is 43.5 Å². The van der Waals surface area contributed by atoms with E-state index in [2.05, 4.69) is 12.2 Å². The van der Waals surface area contributed by atoms with Crippen molar-refractivity contribution >= 4 is 15.5 Å². The Balaban J connectivity index is 2.16. The van der Waals surface area contributed by atoms with Gasteiger partial charge in [0, 0.05) is 12.3 Å². The average Bonchev–Trinajstić information content (AvgIpc) is 2.78. The second kappa shape index (κ2) is 5.49. The normalized spacial score (nSPS) is 23.5. The zero-order valence-corrected chi connectivity index (χ0v) is 12.1. The standard InChI is InChI=1S/C14H20FNO2S/c1-3-10-4-5-11(8-10)16-14-9-12(19(2,17)18)6-7-13(14)15/h6-7,9-11,16H,3-5,8H2,1-2H3. The van der Waals surface area contributed by atoms with E-state index in [0.717, 1.165) is 31.9 Å². The van der Waals surface area contributed by atoms with Gasteiger partial charge in [0.15, 0.2) is 9.84 Å².